The number of thiophene rings is 2. The highest BCUT2D eigenvalue weighted by Crippen LogP contribution is 2.60. The molecule has 4 saturated carbocycles. The summed E-state index contributed by atoms with van der Waals surface area (Å²) in [5.74, 6) is 2.69. The molecule has 1 amide bonds. The highest BCUT2D eigenvalue weighted by molar-refractivity contribution is 7.16. The summed E-state index contributed by atoms with van der Waals surface area (Å²) in [5.41, 5.74) is -0.0956. The van der Waals surface area contributed by atoms with Crippen molar-refractivity contribution in [1.82, 2.24) is 5.32 Å². The van der Waals surface area contributed by atoms with Gasteiger partial charge in [-0.1, -0.05) is 6.07 Å². The standard InChI is InChI=1S/C21H23NO2S2/c23-19(17-2-1-5-25-17)18-4-3-16(26-18)12-22-20(24)21-9-13-6-14(10-21)8-15(7-13)11-21/h1-5,13-15H,6-12H2,(H,22,24). The zero-order valence-electron chi connectivity index (χ0n) is 14.7. The van der Waals surface area contributed by atoms with Gasteiger partial charge in [-0.25, -0.2) is 0 Å². The number of nitrogens with one attached hydrogen (secondary N) is 1. The van der Waals surface area contributed by atoms with Crippen molar-refractivity contribution in [3.05, 3.63) is 44.3 Å². The van der Waals surface area contributed by atoms with Crippen molar-refractivity contribution in [2.75, 3.05) is 0 Å². The van der Waals surface area contributed by atoms with Crippen molar-refractivity contribution in [2.24, 2.45) is 23.2 Å². The largest absolute Gasteiger partial charge is 0.351 e. The Morgan fingerprint density at radius 3 is 2.31 bits per heavy atom. The number of carbonyl (C=O) groups is 2. The first kappa shape index (κ1) is 16.7. The molecular weight excluding hydrogens is 362 g/mol. The Kier molecular flexibility index (Phi) is 4.05. The molecule has 0 aliphatic heterocycles. The minimum absolute atomic E-state index is 0.0867. The fourth-order valence-electron chi connectivity index (χ4n) is 5.87. The van der Waals surface area contributed by atoms with Crippen LogP contribution in [0, 0.1) is 23.2 Å². The van der Waals surface area contributed by atoms with E-state index in [4.69, 9.17) is 0 Å². The predicted molar refractivity (Wildman–Crippen MR) is 105 cm³/mol. The van der Waals surface area contributed by atoms with Gasteiger partial charge >= 0.3 is 0 Å². The summed E-state index contributed by atoms with van der Waals surface area (Å²) in [7, 11) is 0. The Labute approximate surface area is 161 Å². The number of amides is 1. The lowest BCUT2D eigenvalue weighted by atomic mass is 9.49. The molecule has 0 aromatic carbocycles. The van der Waals surface area contributed by atoms with Gasteiger partial charge in [0.15, 0.2) is 0 Å². The van der Waals surface area contributed by atoms with Crippen molar-refractivity contribution in [1.29, 1.82) is 0 Å². The van der Waals surface area contributed by atoms with Crippen molar-refractivity contribution in [2.45, 2.75) is 45.1 Å². The molecule has 2 aromatic heterocycles. The molecule has 0 saturated heterocycles. The molecule has 2 aromatic rings. The van der Waals surface area contributed by atoms with Crippen LogP contribution in [0.3, 0.4) is 0 Å². The van der Waals surface area contributed by atoms with Gasteiger partial charge in [0.05, 0.1) is 16.3 Å². The van der Waals surface area contributed by atoms with Gasteiger partial charge in [0.25, 0.3) is 0 Å². The Hall–Kier alpha value is -1.46. The van der Waals surface area contributed by atoms with Crippen LogP contribution in [-0.4, -0.2) is 11.7 Å². The average Bonchev–Trinajstić information content (AvgIpc) is 3.30. The lowest BCUT2D eigenvalue weighted by Crippen LogP contribution is -2.53. The molecule has 6 rings (SSSR count). The van der Waals surface area contributed by atoms with Crippen LogP contribution in [0.4, 0.5) is 0 Å². The SMILES string of the molecule is O=C(c1cccs1)c1ccc(CNC(=O)C23CC4CC(CC(C4)C2)C3)s1. The summed E-state index contributed by atoms with van der Waals surface area (Å²) in [5, 5.41) is 5.13. The monoisotopic (exact) mass is 385 g/mol. The summed E-state index contributed by atoms with van der Waals surface area (Å²) in [6.45, 7) is 0.545. The van der Waals surface area contributed by atoms with Crippen LogP contribution in [0.5, 0.6) is 0 Å². The van der Waals surface area contributed by atoms with Gasteiger partial charge in [0.2, 0.25) is 11.7 Å². The van der Waals surface area contributed by atoms with Crippen molar-refractivity contribution < 1.29 is 9.59 Å². The van der Waals surface area contributed by atoms with Gasteiger partial charge in [-0.2, -0.15) is 0 Å². The highest BCUT2D eigenvalue weighted by atomic mass is 32.1. The quantitative estimate of drug-likeness (QED) is 0.746. The van der Waals surface area contributed by atoms with Crippen molar-refractivity contribution >= 4 is 34.4 Å². The third-order valence-electron chi connectivity index (χ3n) is 6.57. The summed E-state index contributed by atoms with van der Waals surface area (Å²) >= 11 is 2.97. The Morgan fingerprint density at radius 1 is 1.00 bits per heavy atom. The van der Waals surface area contributed by atoms with Gasteiger partial charge < -0.3 is 5.32 Å². The van der Waals surface area contributed by atoms with Crippen LogP contribution in [0.2, 0.25) is 0 Å². The first-order valence-corrected chi connectivity index (χ1v) is 11.3. The lowest BCUT2D eigenvalue weighted by molar-refractivity contribution is -0.146. The topological polar surface area (TPSA) is 46.2 Å². The second kappa shape index (κ2) is 6.31. The zero-order chi connectivity index (χ0) is 17.7. The van der Waals surface area contributed by atoms with Gasteiger partial charge in [-0.15, -0.1) is 22.7 Å². The fraction of sp³-hybridized carbons (Fsp3) is 0.524. The number of carbonyl (C=O) groups excluding carboxylic acids is 2. The minimum atomic E-state index is -0.0956. The zero-order valence-corrected chi connectivity index (χ0v) is 16.3. The number of hydrogen-bond donors (Lipinski definition) is 1. The lowest BCUT2D eigenvalue weighted by Gasteiger charge is -2.55. The smallest absolute Gasteiger partial charge is 0.226 e. The van der Waals surface area contributed by atoms with Crippen molar-refractivity contribution in [3.63, 3.8) is 0 Å². The molecule has 4 fully saturated rings. The Morgan fingerprint density at radius 2 is 1.69 bits per heavy atom. The molecule has 136 valence electrons. The van der Waals surface area contributed by atoms with Crippen LogP contribution < -0.4 is 5.32 Å². The normalized spacial score (nSPS) is 31.9. The molecule has 0 spiro atoms. The Bertz CT molecular complexity index is 801. The van der Waals surface area contributed by atoms with E-state index >= 15 is 0 Å². The van der Waals surface area contributed by atoms with E-state index in [-0.39, 0.29) is 17.1 Å². The van der Waals surface area contributed by atoms with Gasteiger partial charge in [-0.05, 0) is 79.9 Å². The van der Waals surface area contributed by atoms with Crippen LogP contribution in [0.1, 0.15) is 58.0 Å². The first-order valence-electron chi connectivity index (χ1n) is 9.56. The highest BCUT2D eigenvalue weighted by Gasteiger charge is 2.54. The number of ketones is 1. The van der Waals surface area contributed by atoms with Crippen LogP contribution in [0.15, 0.2) is 29.6 Å². The van der Waals surface area contributed by atoms with Crippen LogP contribution in [0.25, 0.3) is 0 Å². The van der Waals surface area contributed by atoms with E-state index in [9.17, 15) is 9.59 Å². The molecule has 1 N–H and O–H groups in total. The minimum Gasteiger partial charge on any atom is -0.351 e. The second-order valence-corrected chi connectivity index (χ2v) is 10.6. The van der Waals surface area contributed by atoms with E-state index in [1.54, 1.807) is 0 Å². The molecule has 5 heteroatoms. The molecule has 0 radical (unpaired) electrons. The van der Waals surface area contributed by atoms with E-state index in [0.717, 1.165) is 51.6 Å². The maximum absolute atomic E-state index is 13.0. The summed E-state index contributed by atoms with van der Waals surface area (Å²) in [6.07, 6.45) is 7.34. The summed E-state index contributed by atoms with van der Waals surface area (Å²) < 4.78 is 0. The molecule has 4 aliphatic carbocycles. The average molecular weight is 386 g/mol. The number of rotatable bonds is 5. The molecule has 4 aliphatic rings. The van der Waals surface area contributed by atoms with E-state index in [1.165, 1.54) is 41.9 Å². The first-order chi connectivity index (χ1) is 12.6. The number of hydrogen-bond acceptors (Lipinski definition) is 4. The van der Waals surface area contributed by atoms with E-state index in [1.807, 2.05) is 29.6 Å². The molecule has 0 atom stereocenters. The van der Waals surface area contributed by atoms with Crippen molar-refractivity contribution in [3.8, 4) is 0 Å². The molecule has 2 heterocycles. The molecule has 3 nitrogen and oxygen atoms in total. The third kappa shape index (κ3) is 2.85. The fourth-order valence-corrected chi connectivity index (χ4v) is 7.51. The predicted octanol–water partition coefficient (Wildman–Crippen LogP) is 4.87. The van der Waals surface area contributed by atoms with E-state index < -0.39 is 0 Å². The van der Waals surface area contributed by atoms with Crippen LogP contribution in [-0.2, 0) is 11.3 Å². The van der Waals surface area contributed by atoms with Crippen LogP contribution >= 0.6 is 22.7 Å². The van der Waals surface area contributed by atoms with Gasteiger partial charge in [0.1, 0.15) is 0 Å². The molecule has 26 heavy (non-hydrogen) atoms. The summed E-state index contributed by atoms with van der Waals surface area (Å²) in [6, 6.07) is 7.63. The van der Waals surface area contributed by atoms with E-state index in [0.29, 0.717) is 6.54 Å². The second-order valence-electron chi connectivity index (χ2n) is 8.45. The molecular formula is C21H23NO2S2. The summed E-state index contributed by atoms with van der Waals surface area (Å²) in [4.78, 5) is 28.0. The van der Waals surface area contributed by atoms with Gasteiger partial charge in [0, 0.05) is 10.3 Å². The maximum Gasteiger partial charge on any atom is 0.226 e. The van der Waals surface area contributed by atoms with Gasteiger partial charge in [-0.3, -0.25) is 9.59 Å². The molecule has 0 unspecified atom stereocenters. The van der Waals surface area contributed by atoms with E-state index in [2.05, 4.69) is 5.32 Å². The third-order valence-corrected chi connectivity index (χ3v) is 8.53. The Balaban J connectivity index is 1.24. The maximum atomic E-state index is 13.0. The molecule has 4 bridgehead atoms.